The average molecular weight is 624 g/mol. The lowest BCUT2D eigenvalue weighted by atomic mass is 9.66. The molecule has 248 valence electrons. The van der Waals surface area contributed by atoms with Crippen molar-refractivity contribution in [1.29, 1.82) is 0 Å². The predicted octanol–water partition coefficient (Wildman–Crippen LogP) is 5.13. The summed E-state index contributed by atoms with van der Waals surface area (Å²) in [4.78, 5) is 48.9. The minimum Gasteiger partial charge on any atom is -0.494 e. The van der Waals surface area contributed by atoms with Gasteiger partial charge in [-0.25, -0.2) is 0 Å². The van der Waals surface area contributed by atoms with Gasteiger partial charge >= 0.3 is 0 Å². The number of benzene rings is 1. The van der Waals surface area contributed by atoms with Gasteiger partial charge in [0.25, 0.3) is 0 Å². The van der Waals surface area contributed by atoms with Crippen LogP contribution in [0.3, 0.4) is 0 Å². The van der Waals surface area contributed by atoms with Crippen LogP contribution in [0.4, 0.5) is 5.69 Å². The maximum Gasteiger partial charge on any atom is 0.248 e. The van der Waals surface area contributed by atoms with Crippen molar-refractivity contribution in [3.05, 3.63) is 49.6 Å². The lowest BCUT2D eigenvalue weighted by molar-refractivity contribution is -0.151. The first kappa shape index (κ1) is 34.7. The molecule has 4 rings (SSSR count). The molecule has 3 amide bonds. The van der Waals surface area contributed by atoms with Crippen LogP contribution in [0.2, 0.25) is 0 Å². The van der Waals surface area contributed by atoms with Gasteiger partial charge in [-0.15, -0.1) is 13.2 Å². The van der Waals surface area contributed by atoms with Crippen molar-refractivity contribution in [3.63, 3.8) is 0 Å². The average Bonchev–Trinajstić information content (AvgIpc) is 3.60. The molecule has 2 unspecified atom stereocenters. The molecule has 1 spiro atoms. The number of amides is 3. The lowest BCUT2D eigenvalue weighted by Crippen LogP contribution is -2.56. The van der Waals surface area contributed by atoms with E-state index in [4.69, 9.17) is 9.47 Å². The highest BCUT2D eigenvalue weighted by molar-refractivity contribution is 6.03. The van der Waals surface area contributed by atoms with E-state index < -0.39 is 29.1 Å². The van der Waals surface area contributed by atoms with Crippen molar-refractivity contribution in [2.75, 3.05) is 44.3 Å². The van der Waals surface area contributed by atoms with Crippen LogP contribution < -0.4 is 9.64 Å². The molecule has 5 atom stereocenters. The first-order chi connectivity index (χ1) is 21.7. The van der Waals surface area contributed by atoms with E-state index >= 15 is 0 Å². The number of likely N-dealkylation sites (tertiary alicyclic amines) is 1. The highest BCUT2D eigenvalue weighted by Gasteiger charge is 2.78. The van der Waals surface area contributed by atoms with Crippen molar-refractivity contribution in [2.45, 2.75) is 95.8 Å². The molecule has 1 N–H and O–H groups in total. The summed E-state index contributed by atoms with van der Waals surface area (Å²) in [5, 5.41) is 9.23. The molecular formula is C36H53N3O6. The SMILES string of the molecule is C=CCN(CCCCC)C(=O)C1N(CCCCCCO)C(=O)[C@@H]2[C@@H](C(=O)N(CC=C)c3ccc(OCC)cc3)[C@@]3(C)CCC12O3. The molecule has 3 fully saturated rings. The van der Waals surface area contributed by atoms with E-state index in [1.807, 2.05) is 43.0 Å². The fourth-order valence-corrected chi connectivity index (χ4v) is 7.75. The van der Waals surface area contributed by atoms with Gasteiger partial charge < -0.3 is 29.3 Å². The number of hydrogen-bond acceptors (Lipinski definition) is 6. The standard InChI is InChI=1S/C36H53N3O6/c1-6-10-13-24-37(22-7-2)34(43)31-36-21-20-35(5,45-36)29(30(36)33(42)39(31)25-14-11-12-15-26-40)32(41)38(23-8-3)27-16-18-28(19-17-27)44-9-4/h7-8,16-19,29-31,40H,2-3,6,9-15,20-26H2,1,4-5H3/t29-,30-,31?,35+,36?/m0/s1. The number of aliphatic hydroxyl groups is 1. The van der Waals surface area contributed by atoms with E-state index in [-0.39, 0.29) is 30.9 Å². The number of rotatable bonds is 19. The van der Waals surface area contributed by atoms with Crippen LogP contribution in [-0.2, 0) is 19.1 Å². The second kappa shape index (κ2) is 15.4. The number of fused-ring (bicyclic) bond motifs is 1. The number of carbonyl (C=O) groups excluding carboxylic acids is 3. The molecular weight excluding hydrogens is 570 g/mol. The summed E-state index contributed by atoms with van der Waals surface area (Å²) in [6.07, 6.45) is 10.6. The Hall–Kier alpha value is -3.17. The minimum absolute atomic E-state index is 0.121. The summed E-state index contributed by atoms with van der Waals surface area (Å²) < 4.78 is 12.5. The van der Waals surface area contributed by atoms with E-state index in [9.17, 15) is 19.5 Å². The van der Waals surface area contributed by atoms with Crippen molar-refractivity contribution < 1.29 is 29.0 Å². The Morgan fingerprint density at radius 3 is 2.38 bits per heavy atom. The van der Waals surface area contributed by atoms with Crippen molar-refractivity contribution in [2.24, 2.45) is 11.8 Å². The number of unbranched alkanes of at least 4 members (excludes halogenated alkanes) is 5. The van der Waals surface area contributed by atoms with Gasteiger partial charge in [0.15, 0.2) is 0 Å². The molecule has 3 aliphatic rings. The van der Waals surface area contributed by atoms with E-state index in [2.05, 4.69) is 20.1 Å². The molecule has 0 aromatic heterocycles. The number of ether oxygens (including phenoxy) is 2. The zero-order valence-electron chi connectivity index (χ0n) is 27.5. The summed E-state index contributed by atoms with van der Waals surface area (Å²) in [7, 11) is 0. The summed E-state index contributed by atoms with van der Waals surface area (Å²) in [6.45, 7) is 16.1. The number of carbonyl (C=O) groups is 3. The van der Waals surface area contributed by atoms with Gasteiger partial charge in [0.05, 0.1) is 24.0 Å². The van der Waals surface area contributed by atoms with Crippen LogP contribution in [0.5, 0.6) is 5.75 Å². The zero-order valence-corrected chi connectivity index (χ0v) is 27.5. The molecule has 3 saturated heterocycles. The smallest absolute Gasteiger partial charge is 0.248 e. The number of aliphatic hydroxyl groups excluding tert-OH is 1. The third-order valence-electron chi connectivity index (χ3n) is 9.81. The molecule has 3 heterocycles. The summed E-state index contributed by atoms with van der Waals surface area (Å²) >= 11 is 0. The van der Waals surface area contributed by atoms with Gasteiger partial charge in [0, 0.05) is 38.5 Å². The Kier molecular flexibility index (Phi) is 11.9. The summed E-state index contributed by atoms with van der Waals surface area (Å²) in [5.74, 6) is -1.27. The normalized spacial score (nSPS) is 26.5. The molecule has 45 heavy (non-hydrogen) atoms. The van der Waals surface area contributed by atoms with Crippen LogP contribution >= 0.6 is 0 Å². The second-order valence-electron chi connectivity index (χ2n) is 12.8. The van der Waals surface area contributed by atoms with Crippen LogP contribution in [0.15, 0.2) is 49.6 Å². The lowest BCUT2D eigenvalue weighted by Gasteiger charge is -2.37. The van der Waals surface area contributed by atoms with Gasteiger partial charge in [-0.05, 0) is 70.2 Å². The number of anilines is 1. The third kappa shape index (κ3) is 6.85. The molecule has 0 saturated carbocycles. The Morgan fingerprint density at radius 1 is 1.02 bits per heavy atom. The largest absolute Gasteiger partial charge is 0.494 e. The van der Waals surface area contributed by atoms with Gasteiger partial charge in [0.2, 0.25) is 17.7 Å². The van der Waals surface area contributed by atoms with Crippen LogP contribution in [-0.4, -0.2) is 89.3 Å². The monoisotopic (exact) mass is 623 g/mol. The van der Waals surface area contributed by atoms with Crippen LogP contribution in [0.25, 0.3) is 0 Å². The summed E-state index contributed by atoms with van der Waals surface area (Å²) in [5.41, 5.74) is -1.26. The highest BCUT2D eigenvalue weighted by atomic mass is 16.5. The van der Waals surface area contributed by atoms with E-state index in [0.29, 0.717) is 63.4 Å². The van der Waals surface area contributed by atoms with Gasteiger partial charge in [-0.3, -0.25) is 14.4 Å². The van der Waals surface area contributed by atoms with Crippen molar-refractivity contribution in [1.82, 2.24) is 9.80 Å². The quantitative estimate of drug-likeness (QED) is 0.170. The van der Waals surface area contributed by atoms with Crippen molar-refractivity contribution >= 4 is 23.4 Å². The van der Waals surface area contributed by atoms with Gasteiger partial charge in [-0.2, -0.15) is 0 Å². The minimum atomic E-state index is -1.07. The molecule has 3 aliphatic heterocycles. The Balaban J connectivity index is 1.71. The first-order valence-electron chi connectivity index (χ1n) is 16.9. The molecule has 1 aromatic carbocycles. The number of hydrogen-bond donors (Lipinski definition) is 1. The Morgan fingerprint density at radius 2 is 1.73 bits per heavy atom. The zero-order chi connectivity index (χ0) is 32.6. The third-order valence-corrected chi connectivity index (χ3v) is 9.81. The predicted molar refractivity (Wildman–Crippen MR) is 176 cm³/mol. The topological polar surface area (TPSA) is 99.6 Å². The van der Waals surface area contributed by atoms with Crippen LogP contribution in [0.1, 0.15) is 78.6 Å². The van der Waals surface area contributed by atoms with E-state index in [0.717, 1.165) is 32.1 Å². The summed E-state index contributed by atoms with van der Waals surface area (Å²) in [6, 6.07) is 6.58. The maximum atomic E-state index is 14.6. The molecule has 9 nitrogen and oxygen atoms in total. The number of nitrogens with zero attached hydrogens (tertiary/aromatic N) is 3. The van der Waals surface area contributed by atoms with Gasteiger partial charge in [0.1, 0.15) is 17.4 Å². The van der Waals surface area contributed by atoms with E-state index in [1.165, 1.54) is 0 Å². The molecule has 2 bridgehead atoms. The second-order valence-corrected chi connectivity index (χ2v) is 12.8. The van der Waals surface area contributed by atoms with Crippen molar-refractivity contribution in [3.8, 4) is 5.75 Å². The molecule has 9 heteroatoms. The van der Waals surface area contributed by atoms with Crippen LogP contribution in [0, 0.1) is 11.8 Å². The fourth-order valence-electron chi connectivity index (χ4n) is 7.75. The molecule has 0 radical (unpaired) electrons. The Labute approximate surface area is 269 Å². The molecule has 0 aliphatic carbocycles. The maximum absolute atomic E-state index is 14.6. The Bertz CT molecular complexity index is 1200. The molecule has 1 aromatic rings. The fraction of sp³-hybridized carbons (Fsp3) is 0.639. The first-order valence-corrected chi connectivity index (χ1v) is 16.9. The highest BCUT2D eigenvalue weighted by Crippen LogP contribution is 2.63. The van der Waals surface area contributed by atoms with E-state index in [1.54, 1.807) is 22.0 Å². The van der Waals surface area contributed by atoms with Gasteiger partial charge in [-0.1, -0.05) is 44.8 Å².